The molecule has 0 aliphatic rings. The minimum Gasteiger partial charge on any atom is -0.308 e. The Morgan fingerprint density at radius 1 is 1.00 bits per heavy atom. The van der Waals surface area contributed by atoms with E-state index in [0.717, 1.165) is 22.3 Å². The lowest BCUT2D eigenvalue weighted by molar-refractivity contribution is 0.0980. The fourth-order valence-corrected chi connectivity index (χ4v) is 4.30. The molecule has 0 fully saturated rings. The van der Waals surface area contributed by atoms with Gasteiger partial charge in [-0.2, -0.15) is 0 Å². The van der Waals surface area contributed by atoms with E-state index in [1.54, 1.807) is 22.4 Å². The van der Waals surface area contributed by atoms with E-state index in [1.165, 1.54) is 11.1 Å². The van der Waals surface area contributed by atoms with Crippen LogP contribution in [0.4, 0.5) is 5.13 Å². The molecule has 0 saturated heterocycles. The minimum absolute atomic E-state index is 0.182. The van der Waals surface area contributed by atoms with Crippen molar-refractivity contribution in [1.82, 2.24) is 19.9 Å². The van der Waals surface area contributed by atoms with Crippen molar-refractivity contribution in [2.45, 2.75) is 13.8 Å². The van der Waals surface area contributed by atoms with Crippen LogP contribution in [0.2, 0.25) is 0 Å². The molecule has 0 aliphatic heterocycles. The zero-order valence-corrected chi connectivity index (χ0v) is 17.8. The van der Waals surface area contributed by atoms with E-state index in [2.05, 4.69) is 40.8 Å². The first-order valence-corrected chi connectivity index (χ1v) is 10.3. The van der Waals surface area contributed by atoms with Crippen LogP contribution in [0.5, 0.6) is 0 Å². The number of amides is 1. The third-order valence-electron chi connectivity index (χ3n) is 4.72. The highest BCUT2D eigenvalue weighted by atomic mass is 32.1. The summed E-state index contributed by atoms with van der Waals surface area (Å²) < 4.78 is 1.11. The van der Waals surface area contributed by atoms with Gasteiger partial charge in [0.05, 0.1) is 27.4 Å². The van der Waals surface area contributed by atoms with Crippen molar-refractivity contribution in [1.29, 1.82) is 0 Å². The van der Waals surface area contributed by atoms with Crippen molar-refractivity contribution < 1.29 is 4.79 Å². The minimum atomic E-state index is -0.182. The first kappa shape index (κ1) is 19.4. The van der Waals surface area contributed by atoms with Gasteiger partial charge in [-0.25, -0.2) is 9.97 Å². The molecule has 4 rings (SSSR count). The average Bonchev–Trinajstić information content (AvgIpc) is 3.11. The molecule has 0 N–H and O–H groups in total. The van der Waals surface area contributed by atoms with Crippen LogP contribution in [0, 0.1) is 13.8 Å². The highest BCUT2D eigenvalue weighted by molar-refractivity contribution is 7.22. The summed E-state index contributed by atoms with van der Waals surface area (Å²) in [7, 11) is 3.98. The molecule has 1 amide bonds. The van der Waals surface area contributed by atoms with Crippen LogP contribution in [-0.4, -0.2) is 52.9 Å². The van der Waals surface area contributed by atoms with E-state index in [-0.39, 0.29) is 5.91 Å². The van der Waals surface area contributed by atoms with Crippen molar-refractivity contribution in [3.8, 4) is 0 Å². The molecule has 6 nitrogen and oxygen atoms in total. The predicted molar refractivity (Wildman–Crippen MR) is 119 cm³/mol. The summed E-state index contributed by atoms with van der Waals surface area (Å²) in [5.41, 5.74) is 5.08. The van der Waals surface area contributed by atoms with Gasteiger partial charge in [0.2, 0.25) is 0 Å². The molecule has 0 spiro atoms. The molecule has 7 heteroatoms. The molecule has 29 heavy (non-hydrogen) atoms. The highest BCUT2D eigenvalue weighted by Gasteiger charge is 2.23. The number of hydrogen-bond donors (Lipinski definition) is 0. The Kier molecular flexibility index (Phi) is 5.25. The zero-order chi connectivity index (χ0) is 20.5. The van der Waals surface area contributed by atoms with Gasteiger partial charge < -0.3 is 4.90 Å². The lowest BCUT2D eigenvalue weighted by Gasteiger charge is -2.21. The van der Waals surface area contributed by atoms with E-state index in [1.807, 2.05) is 38.4 Å². The maximum atomic E-state index is 13.4. The number of benzene rings is 2. The van der Waals surface area contributed by atoms with Gasteiger partial charge >= 0.3 is 0 Å². The average molecular weight is 406 g/mol. The van der Waals surface area contributed by atoms with Gasteiger partial charge in [-0.05, 0) is 57.3 Å². The zero-order valence-electron chi connectivity index (χ0n) is 17.0. The number of aromatic nitrogens is 3. The Morgan fingerprint density at radius 2 is 1.76 bits per heavy atom. The van der Waals surface area contributed by atoms with Crippen LogP contribution < -0.4 is 4.90 Å². The normalized spacial score (nSPS) is 11.5. The van der Waals surface area contributed by atoms with Crippen LogP contribution in [0.1, 0.15) is 21.6 Å². The quantitative estimate of drug-likeness (QED) is 0.501. The third kappa shape index (κ3) is 3.97. The van der Waals surface area contributed by atoms with Gasteiger partial charge in [0.1, 0.15) is 5.69 Å². The highest BCUT2D eigenvalue weighted by Crippen LogP contribution is 2.32. The molecule has 0 atom stereocenters. The number of aryl methyl sites for hydroxylation is 2. The Morgan fingerprint density at radius 3 is 2.52 bits per heavy atom. The van der Waals surface area contributed by atoms with E-state index < -0.39 is 0 Å². The molecule has 0 bridgehead atoms. The molecule has 0 saturated carbocycles. The van der Waals surface area contributed by atoms with Gasteiger partial charge in [-0.15, -0.1) is 0 Å². The Bertz CT molecular complexity index is 1200. The lowest BCUT2D eigenvalue weighted by Crippen LogP contribution is -2.37. The van der Waals surface area contributed by atoms with Gasteiger partial charge in [-0.3, -0.25) is 14.7 Å². The van der Waals surface area contributed by atoms with Crippen molar-refractivity contribution in [2.75, 3.05) is 32.1 Å². The molecule has 0 unspecified atom stereocenters. The number of carbonyl (C=O) groups is 1. The van der Waals surface area contributed by atoms with Crippen LogP contribution >= 0.6 is 11.3 Å². The summed E-state index contributed by atoms with van der Waals surface area (Å²) in [5, 5.41) is 0.690. The predicted octanol–water partition coefficient (Wildman–Crippen LogP) is 4.06. The van der Waals surface area contributed by atoms with Crippen molar-refractivity contribution >= 4 is 43.6 Å². The van der Waals surface area contributed by atoms with Gasteiger partial charge in [-0.1, -0.05) is 29.5 Å². The molecule has 2 aromatic heterocycles. The second kappa shape index (κ2) is 7.85. The van der Waals surface area contributed by atoms with E-state index >= 15 is 0 Å². The number of hydrogen-bond acceptors (Lipinski definition) is 6. The Labute approximate surface area is 173 Å². The first-order chi connectivity index (χ1) is 13.9. The monoisotopic (exact) mass is 405 g/mol. The van der Waals surface area contributed by atoms with E-state index in [4.69, 9.17) is 4.98 Å². The summed E-state index contributed by atoms with van der Waals surface area (Å²) in [6.07, 6.45) is 1.55. The number of thiazole rings is 1. The lowest BCUT2D eigenvalue weighted by atomic mass is 10.1. The SMILES string of the molecule is Cc1cc(C)c2sc(N(CCN(C)C)C(=O)c3cnc4ccccc4n3)nc2c1. The van der Waals surface area contributed by atoms with Gasteiger partial charge in [0, 0.05) is 13.1 Å². The summed E-state index contributed by atoms with van der Waals surface area (Å²) in [6.45, 7) is 5.39. The smallest absolute Gasteiger partial charge is 0.280 e. The number of rotatable bonds is 5. The molecular formula is C22H23N5OS. The number of anilines is 1. The Hall–Kier alpha value is -2.90. The molecule has 4 aromatic rings. The fourth-order valence-electron chi connectivity index (χ4n) is 3.26. The first-order valence-electron chi connectivity index (χ1n) is 9.48. The van der Waals surface area contributed by atoms with Crippen LogP contribution in [-0.2, 0) is 0 Å². The topological polar surface area (TPSA) is 62.2 Å². The standard InChI is InChI=1S/C22H23N5OS/c1-14-11-15(2)20-18(12-14)25-22(29-20)27(10-9-26(3)4)21(28)19-13-23-16-7-5-6-8-17(16)24-19/h5-8,11-13H,9-10H2,1-4H3. The van der Waals surface area contributed by atoms with Crippen molar-refractivity contribution in [3.05, 3.63) is 59.4 Å². The van der Waals surface area contributed by atoms with Gasteiger partial charge in [0.25, 0.3) is 5.91 Å². The molecule has 0 radical (unpaired) electrons. The van der Waals surface area contributed by atoms with E-state index in [9.17, 15) is 4.79 Å². The van der Waals surface area contributed by atoms with Gasteiger partial charge in [0.15, 0.2) is 5.13 Å². The molecule has 0 aliphatic carbocycles. The second-order valence-electron chi connectivity index (χ2n) is 7.43. The Balaban J connectivity index is 1.76. The summed E-state index contributed by atoms with van der Waals surface area (Å²) in [5.74, 6) is -0.182. The van der Waals surface area contributed by atoms with Crippen LogP contribution in [0.15, 0.2) is 42.6 Å². The summed E-state index contributed by atoms with van der Waals surface area (Å²) >= 11 is 1.55. The van der Waals surface area contributed by atoms with E-state index in [0.29, 0.717) is 22.9 Å². The number of carbonyl (C=O) groups excluding carboxylic acids is 1. The maximum absolute atomic E-state index is 13.4. The molecule has 148 valence electrons. The number of fused-ring (bicyclic) bond motifs is 2. The molecule has 2 aromatic carbocycles. The largest absolute Gasteiger partial charge is 0.308 e. The number of nitrogens with zero attached hydrogens (tertiary/aromatic N) is 5. The maximum Gasteiger partial charge on any atom is 0.280 e. The third-order valence-corrected chi connectivity index (χ3v) is 5.95. The number of para-hydroxylation sites is 2. The molecular weight excluding hydrogens is 382 g/mol. The molecule has 2 heterocycles. The van der Waals surface area contributed by atoms with Crippen LogP contribution in [0.3, 0.4) is 0 Å². The number of likely N-dealkylation sites (N-methyl/N-ethyl adjacent to an activating group) is 1. The summed E-state index contributed by atoms with van der Waals surface area (Å²) in [6, 6.07) is 11.8. The van der Waals surface area contributed by atoms with Crippen molar-refractivity contribution in [3.63, 3.8) is 0 Å². The van der Waals surface area contributed by atoms with Crippen LogP contribution in [0.25, 0.3) is 21.3 Å². The fraction of sp³-hybridized carbons (Fsp3) is 0.273. The summed E-state index contributed by atoms with van der Waals surface area (Å²) in [4.78, 5) is 30.9. The second-order valence-corrected chi connectivity index (χ2v) is 8.41. The van der Waals surface area contributed by atoms with Crippen molar-refractivity contribution in [2.24, 2.45) is 0 Å².